The van der Waals surface area contributed by atoms with E-state index in [-0.39, 0.29) is 9.79 Å². The van der Waals surface area contributed by atoms with Gasteiger partial charge < -0.3 is 19.1 Å². The molecule has 0 radical (unpaired) electrons. The highest BCUT2D eigenvalue weighted by molar-refractivity contribution is 9.11. The van der Waals surface area contributed by atoms with Crippen LogP contribution in [0, 0.1) is 27.7 Å². The van der Waals surface area contributed by atoms with Crippen molar-refractivity contribution in [1.82, 2.24) is 76.5 Å². The van der Waals surface area contributed by atoms with Crippen molar-refractivity contribution in [2.75, 3.05) is 0 Å². The Morgan fingerprint density at radius 2 is 0.767 bits per heavy atom. The number of H-pyrrole nitrogens is 2. The van der Waals surface area contributed by atoms with Crippen molar-refractivity contribution in [3.63, 3.8) is 0 Å². The minimum Gasteiger partial charge on any atom is -0.360 e. The van der Waals surface area contributed by atoms with E-state index in [9.17, 15) is 16.8 Å². The first kappa shape index (κ1) is 70.2. The highest BCUT2D eigenvalue weighted by atomic mass is 79.9. The number of nitrogens with zero attached hydrogens (tertiary/aromatic N) is 14. The van der Waals surface area contributed by atoms with Crippen LogP contribution in [0.1, 0.15) is 33.9 Å². The van der Waals surface area contributed by atoms with Crippen LogP contribution < -0.4 is 0 Å². The van der Waals surface area contributed by atoms with Crippen molar-refractivity contribution < 1.29 is 16.8 Å². The van der Waals surface area contributed by atoms with Gasteiger partial charge in [-0.1, -0.05) is 60.7 Å². The maximum Gasteiger partial charge on any atom is 0.268 e. The summed E-state index contributed by atoms with van der Waals surface area (Å²) in [5.74, 6) is 0. The van der Waals surface area contributed by atoms with Crippen LogP contribution >= 0.6 is 47.8 Å². The van der Waals surface area contributed by atoms with Crippen LogP contribution in [0.25, 0.3) is 77.6 Å². The molecule has 103 heavy (non-hydrogen) atoms. The van der Waals surface area contributed by atoms with E-state index in [1.807, 2.05) is 116 Å². The lowest BCUT2D eigenvalue weighted by atomic mass is 10.2. The van der Waals surface area contributed by atoms with Crippen LogP contribution in [0.2, 0.25) is 0 Å². The minimum absolute atomic E-state index is 0.260. The fourth-order valence-corrected chi connectivity index (χ4v) is 15.2. The zero-order chi connectivity index (χ0) is 71.6. The van der Waals surface area contributed by atoms with Crippen LogP contribution in [0.4, 0.5) is 0 Å². The van der Waals surface area contributed by atoms with Gasteiger partial charge in [-0.3, -0.25) is 19.9 Å². The third kappa shape index (κ3) is 16.6. The molecule has 0 aliphatic rings. The van der Waals surface area contributed by atoms with Gasteiger partial charge in [0, 0.05) is 97.8 Å². The summed E-state index contributed by atoms with van der Waals surface area (Å²) in [5.41, 5.74) is 19.7. The van der Waals surface area contributed by atoms with Crippen LogP contribution in [-0.4, -0.2) is 93.3 Å². The van der Waals surface area contributed by atoms with E-state index in [4.69, 9.17) is 0 Å². The summed E-state index contributed by atoms with van der Waals surface area (Å²) in [6, 6.07) is 70.2. The lowest BCUT2D eigenvalue weighted by molar-refractivity contribution is 0.587. The Morgan fingerprint density at radius 3 is 1.29 bits per heavy atom. The van der Waals surface area contributed by atoms with Crippen LogP contribution in [0.5, 0.6) is 0 Å². The highest BCUT2D eigenvalue weighted by Crippen LogP contribution is 2.28. The van der Waals surface area contributed by atoms with Crippen molar-refractivity contribution >= 4 is 134 Å². The number of rotatable bonds is 10. The van der Waals surface area contributed by atoms with Gasteiger partial charge in [-0.05, 0) is 250 Å². The van der Waals surface area contributed by atoms with Crippen LogP contribution in [0.15, 0.2) is 310 Å². The number of aromatic nitrogens is 16. The topological polar surface area (TPSA) is 233 Å². The molecule has 514 valence electrons. The van der Waals surface area contributed by atoms with Gasteiger partial charge in [-0.2, -0.15) is 10.2 Å². The Morgan fingerprint density at radius 1 is 0.359 bits per heavy atom. The van der Waals surface area contributed by atoms with Gasteiger partial charge in [-0.15, -0.1) is 0 Å². The molecule has 0 atom stereocenters. The van der Waals surface area contributed by atoms with E-state index in [0.29, 0.717) is 26.7 Å². The summed E-state index contributed by atoms with van der Waals surface area (Å²) in [6.07, 6.45) is 18.5. The molecular formula is C78H65Br3N16O4S2. The second-order valence-corrected chi connectivity index (χ2v) is 29.7. The van der Waals surface area contributed by atoms with E-state index in [0.717, 1.165) is 94.9 Å². The molecule has 4 aromatic carbocycles. The Bertz CT molecular complexity index is 5920. The SMILES string of the molecule is Brc1ccc2[nH]ccc2n1.Cc1ccc2[nH]ccc2n1.Cc1ccc2c(ccn2Cc2ccc(-n3cccn3)cc2)n1.Cc1ccc2c(ccn2S(=O)(=O)c2ccccc2)n1.Cc1ccc2c(n1)c(Br)cn2Cc1ccc(-n2cccn2)cc1.O=S(=O)(c1ccccc1)n1ccc2nc(Br)ccc21. The average molecular weight is 1590 g/mol. The summed E-state index contributed by atoms with van der Waals surface area (Å²) in [6.45, 7) is 9.55. The summed E-state index contributed by atoms with van der Waals surface area (Å²) < 4.78 is 63.4. The smallest absolute Gasteiger partial charge is 0.268 e. The number of hydrogen-bond donors (Lipinski definition) is 2. The molecule has 18 rings (SSSR count). The molecule has 0 spiro atoms. The number of fused-ring (bicyclic) bond motifs is 6. The third-order valence-corrected chi connectivity index (χ3v) is 21.2. The molecule has 14 heterocycles. The number of benzene rings is 4. The standard InChI is InChI=1S/C18H15BrN4.C18H16N4.C14H12N2O2S.C13H9BrN2O2S.C8H8N2.C7H5BrN2/c1-13-3-8-17-18(21-13)16(19)12-22(17)11-14-4-6-15(7-5-14)23-10-2-9-20-23;1-14-3-8-18-17(20-14)9-12-21(18)13-15-4-6-16(7-5-15)22-11-2-10-19-22;1-11-7-8-14-13(15-11)9-10-16(14)19(17,18)12-5-3-2-4-6-12;14-13-7-6-12-11(15-13)8-9-16(12)19(17,18)10-4-2-1-3-5-10;1-6-2-3-7-8(10-6)4-5-9-7;8-7-2-1-5-6(10-7)3-4-9-5/h2-10,12H,11H2,1H3;2-12H,13H2,1H3;2-10H,1H3;1-9H;2-5,9H,1H3;1-4,9H. The molecule has 0 saturated heterocycles. The number of nitrogens with one attached hydrogen (secondary N) is 2. The minimum atomic E-state index is -3.57. The monoisotopic (exact) mass is 1590 g/mol. The second kappa shape index (κ2) is 31.3. The van der Waals surface area contributed by atoms with Crippen molar-refractivity contribution in [3.05, 3.63) is 334 Å². The van der Waals surface area contributed by atoms with Crippen molar-refractivity contribution in [2.24, 2.45) is 0 Å². The molecule has 0 saturated carbocycles. The van der Waals surface area contributed by atoms with E-state index in [2.05, 4.69) is 192 Å². The van der Waals surface area contributed by atoms with Gasteiger partial charge in [0.2, 0.25) is 0 Å². The zero-order valence-corrected chi connectivity index (χ0v) is 62.3. The maximum absolute atomic E-state index is 12.5. The molecular weight excluding hydrogens is 1530 g/mol. The molecule has 0 unspecified atom stereocenters. The molecule has 0 bridgehead atoms. The maximum atomic E-state index is 12.5. The molecule has 0 fully saturated rings. The lowest BCUT2D eigenvalue weighted by Gasteiger charge is -2.07. The number of aromatic amines is 2. The van der Waals surface area contributed by atoms with Gasteiger partial charge >= 0.3 is 0 Å². The Balaban J connectivity index is 0.000000113. The van der Waals surface area contributed by atoms with Gasteiger partial charge in [0.25, 0.3) is 20.0 Å². The van der Waals surface area contributed by atoms with Gasteiger partial charge in [-0.25, -0.2) is 44.1 Å². The Labute approximate surface area is 618 Å². The first-order valence-corrected chi connectivity index (χ1v) is 37.6. The second-order valence-electron chi connectivity index (χ2n) is 23.6. The largest absolute Gasteiger partial charge is 0.360 e. The number of aryl methyl sites for hydroxylation is 4. The summed E-state index contributed by atoms with van der Waals surface area (Å²) >= 11 is 10.2. The Kier molecular flexibility index (Phi) is 21.4. The molecule has 0 aliphatic carbocycles. The van der Waals surface area contributed by atoms with Crippen molar-refractivity contribution in [3.8, 4) is 11.4 Å². The highest BCUT2D eigenvalue weighted by Gasteiger charge is 2.21. The number of hydrogen-bond acceptors (Lipinski definition) is 12. The van der Waals surface area contributed by atoms with Gasteiger partial charge in [0.15, 0.2) is 0 Å². The average Bonchev–Trinajstić information content (AvgIpc) is 1.70. The first-order chi connectivity index (χ1) is 49.9. The van der Waals surface area contributed by atoms with Gasteiger partial charge in [0.1, 0.15) is 14.7 Å². The molecule has 18 aromatic rings. The summed E-state index contributed by atoms with van der Waals surface area (Å²) in [7, 11) is -7.13. The lowest BCUT2D eigenvalue weighted by Crippen LogP contribution is -2.11. The molecule has 2 N–H and O–H groups in total. The summed E-state index contributed by atoms with van der Waals surface area (Å²) in [4.78, 5) is 32.9. The number of halogens is 3. The van der Waals surface area contributed by atoms with E-state index < -0.39 is 20.0 Å². The molecule has 25 heteroatoms. The van der Waals surface area contributed by atoms with Crippen molar-refractivity contribution in [1.29, 1.82) is 0 Å². The molecule has 14 aromatic heterocycles. The van der Waals surface area contributed by atoms with Crippen LogP contribution in [-0.2, 0) is 33.1 Å². The molecule has 0 aliphatic heterocycles. The fraction of sp³-hybridized carbons (Fsp3) is 0.0769. The summed E-state index contributed by atoms with van der Waals surface area (Å²) in [5, 5.41) is 8.49. The van der Waals surface area contributed by atoms with E-state index >= 15 is 0 Å². The first-order valence-electron chi connectivity index (χ1n) is 32.3. The van der Waals surface area contributed by atoms with E-state index in [1.165, 1.54) is 30.8 Å². The molecule has 20 nitrogen and oxygen atoms in total. The van der Waals surface area contributed by atoms with Crippen LogP contribution in [0.3, 0.4) is 0 Å². The predicted molar refractivity (Wildman–Crippen MR) is 417 cm³/mol. The fourth-order valence-electron chi connectivity index (χ4n) is 11.3. The van der Waals surface area contributed by atoms with Crippen molar-refractivity contribution in [2.45, 2.75) is 50.6 Å². The van der Waals surface area contributed by atoms with Gasteiger partial charge in [0.05, 0.1) is 86.3 Å². The van der Waals surface area contributed by atoms with E-state index in [1.54, 1.807) is 116 Å². The Hall–Kier alpha value is -11.2. The molecule has 0 amide bonds. The predicted octanol–water partition coefficient (Wildman–Crippen LogP) is 17.7. The quantitative estimate of drug-likeness (QED) is 0.122. The number of pyridine rings is 6. The third-order valence-electron chi connectivity index (χ3n) is 16.3. The normalized spacial score (nSPS) is 11.3. The zero-order valence-electron chi connectivity index (χ0n) is 55.9.